The predicted molar refractivity (Wildman–Crippen MR) is 114 cm³/mol. The number of benzene rings is 1. The van der Waals surface area contributed by atoms with Gasteiger partial charge in [-0.2, -0.15) is 23.1 Å². The fourth-order valence-electron chi connectivity index (χ4n) is 4.56. The third-order valence-corrected chi connectivity index (χ3v) is 6.04. The summed E-state index contributed by atoms with van der Waals surface area (Å²) in [6.07, 6.45) is 3.18. The third-order valence-electron chi connectivity index (χ3n) is 6.04. The Balaban J connectivity index is 1.73. The Morgan fingerprint density at radius 1 is 1.15 bits per heavy atom. The van der Waals surface area contributed by atoms with Crippen molar-refractivity contribution in [2.45, 2.75) is 31.1 Å². The minimum absolute atomic E-state index is 0.0555. The number of hydrogen-bond acceptors (Lipinski definition) is 6. The van der Waals surface area contributed by atoms with E-state index < -0.39 is 17.6 Å². The zero-order valence-electron chi connectivity index (χ0n) is 17.6. The molecule has 33 heavy (non-hydrogen) atoms. The molecule has 2 bridgehead atoms. The van der Waals surface area contributed by atoms with Crippen molar-refractivity contribution in [3.8, 4) is 29.6 Å². The van der Waals surface area contributed by atoms with Gasteiger partial charge in [0.05, 0.1) is 18.1 Å². The van der Waals surface area contributed by atoms with Crippen LogP contribution in [0.25, 0.3) is 22.2 Å². The number of rotatable bonds is 3. The summed E-state index contributed by atoms with van der Waals surface area (Å²) in [7, 11) is 1.36. The number of aromatic nitrogens is 3. The van der Waals surface area contributed by atoms with E-state index in [-0.39, 0.29) is 45.9 Å². The molecule has 2 saturated heterocycles. The van der Waals surface area contributed by atoms with Crippen LogP contribution in [0, 0.1) is 18.2 Å². The van der Waals surface area contributed by atoms with Gasteiger partial charge in [0.15, 0.2) is 5.82 Å². The molecule has 0 aliphatic carbocycles. The molecular weight excluding hydrogens is 438 g/mol. The summed E-state index contributed by atoms with van der Waals surface area (Å²) in [5, 5.41) is 3.76. The topological polar surface area (TPSA) is 63.2 Å². The van der Waals surface area contributed by atoms with E-state index in [1.807, 2.05) is 4.90 Å². The van der Waals surface area contributed by atoms with Gasteiger partial charge in [-0.15, -0.1) is 6.42 Å². The van der Waals surface area contributed by atoms with Crippen LogP contribution in [0.15, 0.2) is 24.3 Å². The van der Waals surface area contributed by atoms with Crippen LogP contribution in [0.4, 0.5) is 23.4 Å². The van der Waals surface area contributed by atoms with Crippen molar-refractivity contribution in [2.75, 3.05) is 25.1 Å². The maximum absolute atomic E-state index is 15.7. The molecule has 2 fully saturated rings. The summed E-state index contributed by atoms with van der Waals surface area (Å²) >= 11 is 0. The van der Waals surface area contributed by atoms with E-state index in [2.05, 4.69) is 26.2 Å². The van der Waals surface area contributed by atoms with Gasteiger partial charge in [0, 0.05) is 30.7 Å². The summed E-state index contributed by atoms with van der Waals surface area (Å²) in [5.74, 6) is 1.97. The Kier molecular flexibility index (Phi) is 5.09. The smallest absolute Gasteiger partial charge is 0.416 e. The van der Waals surface area contributed by atoms with Crippen molar-refractivity contribution < 1.29 is 22.3 Å². The lowest BCUT2D eigenvalue weighted by atomic mass is 10.0. The van der Waals surface area contributed by atoms with Crippen LogP contribution in [0.2, 0.25) is 0 Å². The maximum Gasteiger partial charge on any atom is 0.416 e. The largest absolute Gasteiger partial charge is 0.467 e. The number of piperazine rings is 1. The molecule has 2 unspecified atom stereocenters. The molecular formula is C23H19F4N5O. The number of fused-ring (bicyclic) bond motifs is 3. The summed E-state index contributed by atoms with van der Waals surface area (Å²) < 4.78 is 60.6. The monoisotopic (exact) mass is 457 g/mol. The minimum atomic E-state index is -4.58. The zero-order valence-corrected chi connectivity index (χ0v) is 17.6. The first-order valence-corrected chi connectivity index (χ1v) is 10.4. The summed E-state index contributed by atoms with van der Waals surface area (Å²) in [5.41, 5.74) is -1.37. The highest BCUT2D eigenvalue weighted by Crippen LogP contribution is 2.37. The summed E-state index contributed by atoms with van der Waals surface area (Å²) in [6, 6.07) is 4.78. The van der Waals surface area contributed by atoms with E-state index in [0.29, 0.717) is 18.9 Å². The first-order chi connectivity index (χ1) is 15.8. The second kappa shape index (κ2) is 7.85. The molecule has 10 heteroatoms. The van der Waals surface area contributed by atoms with Crippen LogP contribution in [0.5, 0.6) is 6.01 Å². The lowest BCUT2D eigenvalue weighted by Crippen LogP contribution is -2.51. The van der Waals surface area contributed by atoms with Gasteiger partial charge < -0.3 is 15.0 Å². The molecule has 4 heterocycles. The second-order valence-corrected chi connectivity index (χ2v) is 8.15. The van der Waals surface area contributed by atoms with Crippen LogP contribution in [0.3, 0.4) is 0 Å². The van der Waals surface area contributed by atoms with Crippen LogP contribution in [-0.2, 0) is 6.18 Å². The molecule has 0 spiro atoms. The average molecular weight is 457 g/mol. The minimum Gasteiger partial charge on any atom is -0.467 e. The number of methoxy groups -OCH3 is 1. The molecule has 0 radical (unpaired) electrons. The maximum atomic E-state index is 15.7. The number of pyridine rings is 1. The summed E-state index contributed by atoms with van der Waals surface area (Å²) in [4.78, 5) is 14.9. The Hall–Kier alpha value is -3.45. The number of ether oxygens (including phenoxy) is 1. The highest BCUT2D eigenvalue weighted by atomic mass is 19.4. The number of anilines is 1. The van der Waals surface area contributed by atoms with Crippen LogP contribution >= 0.6 is 0 Å². The fraction of sp³-hybridized carbons (Fsp3) is 0.348. The van der Waals surface area contributed by atoms with Gasteiger partial charge in [0.1, 0.15) is 22.7 Å². The highest BCUT2D eigenvalue weighted by molar-refractivity contribution is 5.96. The molecule has 3 aromatic rings. The molecule has 2 aliphatic rings. The zero-order chi connectivity index (χ0) is 23.3. The number of nitrogens with one attached hydrogen (secondary N) is 1. The highest BCUT2D eigenvalue weighted by Gasteiger charge is 2.35. The van der Waals surface area contributed by atoms with E-state index in [1.54, 1.807) is 0 Å². The van der Waals surface area contributed by atoms with Gasteiger partial charge >= 0.3 is 12.2 Å². The van der Waals surface area contributed by atoms with E-state index >= 15 is 4.39 Å². The normalized spacial score (nSPS) is 20.2. The number of halogens is 4. The van der Waals surface area contributed by atoms with E-state index in [9.17, 15) is 13.2 Å². The Bertz CT molecular complexity index is 1270. The Morgan fingerprint density at radius 3 is 2.52 bits per heavy atom. The molecule has 1 aromatic carbocycles. The number of alkyl halides is 3. The van der Waals surface area contributed by atoms with Crippen molar-refractivity contribution in [3.05, 3.63) is 41.3 Å². The number of terminal acetylenes is 1. The van der Waals surface area contributed by atoms with Crippen molar-refractivity contribution in [3.63, 3.8) is 0 Å². The predicted octanol–water partition coefficient (Wildman–Crippen LogP) is 3.78. The summed E-state index contributed by atoms with van der Waals surface area (Å²) in [6.45, 7) is 1.29. The lowest BCUT2D eigenvalue weighted by molar-refractivity contribution is -0.137. The molecule has 2 aromatic heterocycles. The van der Waals surface area contributed by atoms with Gasteiger partial charge in [-0.25, -0.2) is 9.37 Å². The van der Waals surface area contributed by atoms with Gasteiger partial charge in [0.2, 0.25) is 0 Å². The molecule has 6 nitrogen and oxygen atoms in total. The van der Waals surface area contributed by atoms with Gasteiger partial charge in [-0.05, 0) is 30.9 Å². The SMILES string of the molecule is C#Cc1nc(-c2cccc(C(F)(F)F)c2)c(F)c2nc(OC)nc(N3CC4CCC(C3)N4)c12. The first kappa shape index (κ1) is 21.4. The van der Waals surface area contributed by atoms with Gasteiger partial charge in [-0.3, -0.25) is 0 Å². The molecule has 5 rings (SSSR count). The van der Waals surface area contributed by atoms with E-state index in [1.165, 1.54) is 19.2 Å². The molecule has 0 amide bonds. The van der Waals surface area contributed by atoms with Crippen molar-refractivity contribution >= 4 is 16.7 Å². The molecule has 1 N–H and O–H groups in total. The molecule has 2 atom stereocenters. The second-order valence-electron chi connectivity index (χ2n) is 8.15. The molecule has 0 saturated carbocycles. The van der Waals surface area contributed by atoms with Crippen LogP contribution in [-0.4, -0.2) is 47.2 Å². The van der Waals surface area contributed by atoms with E-state index in [4.69, 9.17) is 11.2 Å². The third kappa shape index (κ3) is 3.72. The average Bonchev–Trinajstić information content (AvgIpc) is 3.15. The Morgan fingerprint density at radius 2 is 1.88 bits per heavy atom. The Labute approximate surface area is 187 Å². The van der Waals surface area contributed by atoms with Gasteiger partial charge in [0.25, 0.3) is 0 Å². The van der Waals surface area contributed by atoms with Crippen molar-refractivity contribution in [1.82, 2.24) is 20.3 Å². The quantitative estimate of drug-likeness (QED) is 0.477. The van der Waals surface area contributed by atoms with Crippen LogP contribution in [0.1, 0.15) is 24.1 Å². The van der Waals surface area contributed by atoms with Crippen molar-refractivity contribution in [1.29, 1.82) is 0 Å². The standard InChI is InChI=1S/C23H19F4N5O/c1-3-16-17-20(18(24)19(29-16)12-5-4-6-13(9-12)23(25,26)27)30-22(33-2)31-21(17)32-10-14-7-8-15(11-32)28-14/h1,4-6,9,14-15,28H,7-8,10-11H2,2H3. The van der Waals surface area contributed by atoms with E-state index in [0.717, 1.165) is 25.0 Å². The molecule has 2 aliphatic heterocycles. The molecule has 170 valence electrons. The number of hydrogen-bond donors (Lipinski definition) is 1. The number of nitrogens with zero attached hydrogens (tertiary/aromatic N) is 4. The first-order valence-electron chi connectivity index (χ1n) is 10.4. The van der Waals surface area contributed by atoms with Crippen LogP contribution < -0.4 is 15.0 Å². The lowest BCUT2D eigenvalue weighted by Gasteiger charge is -2.34. The van der Waals surface area contributed by atoms with Crippen molar-refractivity contribution in [2.24, 2.45) is 0 Å². The van der Waals surface area contributed by atoms with Gasteiger partial charge in [-0.1, -0.05) is 12.1 Å². The fourth-order valence-corrected chi connectivity index (χ4v) is 4.56.